The van der Waals surface area contributed by atoms with Crippen molar-refractivity contribution >= 4 is 18.0 Å². The Labute approximate surface area is 128 Å². The number of nitrogens with zero attached hydrogens (tertiary/aromatic N) is 1. The number of likely N-dealkylation sites (tertiary alicyclic amines) is 1. The third-order valence-electron chi connectivity index (χ3n) is 3.60. The lowest BCUT2D eigenvalue weighted by Gasteiger charge is -2.26. The molecule has 2 rings (SSSR count). The Morgan fingerprint density at radius 3 is 2.41 bits per heavy atom. The fourth-order valence-electron chi connectivity index (χ4n) is 2.51. The second-order valence-electron chi connectivity index (χ2n) is 4.98. The van der Waals surface area contributed by atoms with Crippen molar-refractivity contribution in [3.05, 3.63) is 35.9 Å². The SMILES string of the molecule is COC(=O)[C@H]1CC[C@@H](C(N)=O)N1C(=O)OCc1ccccc1. The number of benzene rings is 1. The van der Waals surface area contributed by atoms with Crippen molar-refractivity contribution in [2.75, 3.05) is 7.11 Å². The maximum Gasteiger partial charge on any atom is 0.411 e. The number of nitrogens with two attached hydrogens (primary N) is 1. The first kappa shape index (κ1) is 15.8. The van der Waals surface area contributed by atoms with Crippen LogP contribution in [0, 0.1) is 0 Å². The van der Waals surface area contributed by atoms with Crippen LogP contribution in [0.15, 0.2) is 30.3 Å². The molecule has 7 heteroatoms. The van der Waals surface area contributed by atoms with Crippen LogP contribution in [0.25, 0.3) is 0 Å². The zero-order valence-corrected chi connectivity index (χ0v) is 12.2. The second kappa shape index (κ2) is 6.93. The minimum atomic E-state index is -0.854. The van der Waals surface area contributed by atoms with Crippen LogP contribution in [-0.2, 0) is 25.7 Å². The van der Waals surface area contributed by atoms with Crippen LogP contribution in [0.4, 0.5) is 4.79 Å². The fourth-order valence-corrected chi connectivity index (χ4v) is 2.51. The van der Waals surface area contributed by atoms with E-state index in [0.29, 0.717) is 12.8 Å². The van der Waals surface area contributed by atoms with Gasteiger partial charge in [0.05, 0.1) is 7.11 Å². The molecule has 0 unspecified atom stereocenters. The lowest BCUT2D eigenvalue weighted by molar-refractivity contribution is -0.146. The van der Waals surface area contributed by atoms with E-state index in [2.05, 4.69) is 4.74 Å². The molecule has 1 aromatic rings. The largest absolute Gasteiger partial charge is 0.467 e. The highest BCUT2D eigenvalue weighted by atomic mass is 16.6. The Morgan fingerprint density at radius 2 is 1.82 bits per heavy atom. The first-order valence-electron chi connectivity index (χ1n) is 6.90. The Hall–Kier alpha value is -2.57. The molecular formula is C15H18N2O5. The summed E-state index contributed by atoms with van der Waals surface area (Å²) in [6.45, 7) is 0.0511. The van der Waals surface area contributed by atoms with Gasteiger partial charge in [-0.1, -0.05) is 30.3 Å². The fraction of sp³-hybridized carbons (Fsp3) is 0.400. The summed E-state index contributed by atoms with van der Waals surface area (Å²) in [6, 6.07) is 7.41. The topological polar surface area (TPSA) is 98.9 Å². The third kappa shape index (κ3) is 3.36. The molecule has 0 aliphatic carbocycles. The Balaban J connectivity index is 2.08. The molecule has 1 aliphatic heterocycles. The van der Waals surface area contributed by atoms with E-state index < -0.39 is 30.1 Å². The van der Waals surface area contributed by atoms with E-state index in [-0.39, 0.29) is 6.61 Å². The minimum absolute atomic E-state index is 0.0511. The summed E-state index contributed by atoms with van der Waals surface area (Å²) in [7, 11) is 1.23. The normalized spacial score (nSPS) is 20.5. The number of hydrogen-bond donors (Lipinski definition) is 1. The maximum absolute atomic E-state index is 12.3. The highest BCUT2D eigenvalue weighted by molar-refractivity contribution is 5.89. The summed E-state index contributed by atoms with van der Waals surface area (Å²) in [5, 5.41) is 0. The molecule has 0 radical (unpaired) electrons. The average molecular weight is 306 g/mol. The van der Waals surface area contributed by atoms with Crippen LogP contribution in [0.2, 0.25) is 0 Å². The van der Waals surface area contributed by atoms with Crippen molar-refractivity contribution in [1.82, 2.24) is 4.90 Å². The van der Waals surface area contributed by atoms with Gasteiger partial charge in [-0.3, -0.25) is 9.69 Å². The first-order valence-corrected chi connectivity index (χ1v) is 6.90. The Morgan fingerprint density at radius 1 is 1.18 bits per heavy atom. The van der Waals surface area contributed by atoms with Gasteiger partial charge in [0, 0.05) is 0 Å². The van der Waals surface area contributed by atoms with Gasteiger partial charge in [0.1, 0.15) is 18.7 Å². The molecule has 2 atom stereocenters. The zero-order chi connectivity index (χ0) is 16.1. The van der Waals surface area contributed by atoms with Gasteiger partial charge in [-0.05, 0) is 18.4 Å². The lowest BCUT2D eigenvalue weighted by atomic mass is 10.2. The second-order valence-corrected chi connectivity index (χ2v) is 4.98. The van der Waals surface area contributed by atoms with Gasteiger partial charge >= 0.3 is 12.1 Å². The summed E-state index contributed by atoms with van der Waals surface area (Å²) in [5.41, 5.74) is 6.10. The molecule has 0 saturated carbocycles. The van der Waals surface area contributed by atoms with Gasteiger partial charge < -0.3 is 15.2 Å². The summed E-state index contributed by atoms with van der Waals surface area (Å²) in [6.07, 6.45) is -0.114. The molecule has 2 N–H and O–H groups in total. The highest BCUT2D eigenvalue weighted by Gasteiger charge is 2.45. The van der Waals surface area contributed by atoms with Crippen molar-refractivity contribution in [2.45, 2.75) is 31.5 Å². The van der Waals surface area contributed by atoms with Crippen LogP contribution in [0.5, 0.6) is 0 Å². The summed E-state index contributed by atoms with van der Waals surface area (Å²) < 4.78 is 9.85. The molecule has 1 aromatic carbocycles. The Kier molecular flexibility index (Phi) is 4.98. The predicted octanol–water partition coefficient (Wildman–Crippen LogP) is 0.815. The van der Waals surface area contributed by atoms with E-state index in [4.69, 9.17) is 10.5 Å². The van der Waals surface area contributed by atoms with Crippen molar-refractivity contribution in [1.29, 1.82) is 0 Å². The summed E-state index contributed by atoms with van der Waals surface area (Å²) >= 11 is 0. The van der Waals surface area contributed by atoms with Gasteiger partial charge in [-0.25, -0.2) is 9.59 Å². The van der Waals surface area contributed by atoms with Gasteiger partial charge in [0.15, 0.2) is 0 Å². The van der Waals surface area contributed by atoms with Crippen molar-refractivity contribution in [2.24, 2.45) is 5.73 Å². The van der Waals surface area contributed by atoms with E-state index in [0.717, 1.165) is 10.5 Å². The van der Waals surface area contributed by atoms with Gasteiger partial charge in [-0.2, -0.15) is 0 Å². The molecule has 22 heavy (non-hydrogen) atoms. The monoisotopic (exact) mass is 306 g/mol. The molecule has 0 bridgehead atoms. The summed E-state index contributed by atoms with van der Waals surface area (Å²) in [5.74, 6) is -1.25. The van der Waals surface area contributed by atoms with E-state index in [1.165, 1.54) is 7.11 Å². The molecule has 0 spiro atoms. The van der Waals surface area contributed by atoms with E-state index in [1.54, 1.807) is 12.1 Å². The quantitative estimate of drug-likeness (QED) is 0.830. The third-order valence-corrected chi connectivity index (χ3v) is 3.60. The number of ether oxygens (including phenoxy) is 2. The number of amides is 2. The highest BCUT2D eigenvalue weighted by Crippen LogP contribution is 2.26. The van der Waals surface area contributed by atoms with Gasteiger partial charge in [0.25, 0.3) is 0 Å². The molecular weight excluding hydrogens is 288 g/mol. The zero-order valence-electron chi connectivity index (χ0n) is 12.2. The standard InChI is InChI=1S/C15H18N2O5/c1-21-14(19)12-8-7-11(13(16)18)17(12)15(20)22-9-10-5-3-2-4-6-10/h2-6,11-12H,7-9H2,1H3,(H2,16,18)/t11-,12+/m0/s1. The van der Waals surface area contributed by atoms with Crippen LogP contribution in [-0.4, -0.2) is 42.1 Å². The molecule has 0 aromatic heterocycles. The predicted molar refractivity (Wildman–Crippen MR) is 76.5 cm³/mol. The number of esters is 1. The van der Waals surface area contributed by atoms with Crippen molar-refractivity contribution < 1.29 is 23.9 Å². The molecule has 1 saturated heterocycles. The number of methoxy groups -OCH3 is 1. The number of hydrogen-bond acceptors (Lipinski definition) is 5. The lowest BCUT2D eigenvalue weighted by Crippen LogP contribution is -2.50. The maximum atomic E-state index is 12.3. The number of primary amides is 1. The number of rotatable bonds is 4. The average Bonchev–Trinajstić information content (AvgIpc) is 2.98. The molecule has 118 valence electrons. The minimum Gasteiger partial charge on any atom is -0.467 e. The van der Waals surface area contributed by atoms with Crippen LogP contribution in [0.3, 0.4) is 0 Å². The Bertz CT molecular complexity index is 560. The van der Waals surface area contributed by atoms with Gasteiger partial charge in [-0.15, -0.1) is 0 Å². The molecule has 1 aliphatic rings. The van der Waals surface area contributed by atoms with Crippen LogP contribution >= 0.6 is 0 Å². The molecule has 1 fully saturated rings. The molecule has 7 nitrogen and oxygen atoms in total. The molecule has 2 amide bonds. The number of carbonyl (C=O) groups is 3. The van der Waals surface area contributed by atoms with Crippen molar-refractivity contribution in [3.63, 3.8) is 0 Å². The van der Waals surface area contributed by atoms with Gasteiger partial charge in [0.2, 0.25) is 5.91 Å². The van der Waals surface area contributed by atoms with E-state index >= 15 is 0 Å². The summed E-state index contributed by atoms with van der Waals surface area (Å²) in [4.78, 5) is 36.5. The van der Waals surface area contributed by atoms with Crippen LogP contribution in [0.1, 0.15) is 18.4 Å². The first-order chi connectivity index (χ1) is 10.5. The van der Waals surface area contributed by atoms with E-state index in [1.807, 2.05) is 18.2 Å². The van der Waals surface area contributed by atoms with Crippen LogP contribution < -0.4 is 5.73 Å². The van der Waals surface area contributed by atoms with Crippen molar-refractivity contribution in [3.8, 4) is 0 Å². The molecule has 1 heterocycles. The number of carbonyl (C=O) groups excluding carboxylic acids is 3. The van der Waals surface area contributed by atoms with E-state index in [9.17, 15) is 14.4 Å². The smallest absolute Gasteiger partial charge is 0.411 e.